The van der Waals surface area contributed by atoms with Crippen LogP contribution >= 0.6 is 11.6 Å². The predicted molar refractivity (Wildman–Crippen MR) is 88.1 cm³/mol. The van der Waals surface area contributed by atoms with Crippen LogP contribution in [-0.2, 0) is 4.79 Å². The normalized spacial score (nSPS) is 16.0. The van der Waals surface area contributed by atoms with Crippen LogP contribution in [0.15, 0.2) is 12.1 Å². The Balaban J connectivity index is 2.03. The highest BCUT2D eigenvalue weighted by Crippen LogP contribution is 2.35. The molecule has 1 saturated heterocycles. The Morgan fingerprint density at radius 1 is 1.14 bits per heavy atom. The van der Waals surface area contributed by atoms with Crippen molar-refractivity contribution in [3.8, 4) is 11.5 Å². The summed E-state index contributed by atoms with van der Waals surface area (Å²) in [5.41, 5.74) is 0.573. The molecule has 0 saturated carbocycles. The Morgan fingerprint density at radius 2 is 1.77 bits per heavy atom. The number of rotatable bonds is 5. The molecule has 2 rings (SSSR count). The third-order valence-electron chi connectivity index (χ3n) is 3.81. The number of halogens is 1. The van der Waals surface area contributed by atoms with Crippen LogP contribution in [0.25, 0.3) is 0 Å². The quantitative estimate of drug-likeness (QED) is 0.903. The molecule has 0 aliphatic carbocycles. The number of methoxy groups -OCH3 is 2. The fourth-order valence-corrected chi connectivity index (χ4v) is 2.88. The Hall–Kier alpha value is -1.46. The average Bonchev–Trinajstić information content (AvgIpc) is 2.77. The predicted octanol–water partition coefficient (Wildman–Crippen LogP) is 3.17. The summed E-state index contributed by atoms with van der Waals surface area (Å²) >= 11 is 6.06. The van der Waals surface area contributed by atoms with Crippen LogP contribution < -0.4 is 14.8 Å². The van der Waals surface area contributed by atoms with Gasteiger partial charge in [-0.25, -0.2) is 0 Å². The molecule has 6 heteroatoms. The largest absolute Gasteiger partial charge is 0.495 e. The summed E-state index contributed by atoms with van der Waals surface area (Å²) in [5.74, 6) is 0.979. The summed E-state index contributed by atoms with van der Waals surface area (Å²) < 4.78 is 10.5. The van der Waals surface area contributed by atoms with E-state index < -0.39 is 0 Å². The van der Waals surface area contributed by atoms with E-state index in [4.69, 9.17) is 21.1 Å². The molecule has 5 nitrogen and oxygen atoms in total. The molecule has 1 aromatic rings. The molecular weight excluding hydrogens is 304 g/mol. The molecule has 1 N–H and O–H groups in total. The van der Waals surface area contributed by atoms with Gasteiger partial charge < -0.3 is 14.8 Å². The van der Waals surface area contributed by atoms with Crippen molar-refractivity contribution in [1.29, 1.82) is 0 Å². The van der Waals surface area contributed by atoms with Gasteiger partial charge in [-0.3, -0.25) is 9.69 Å². The number of ether oxygens (including phenoxy) is 2. The van der Waals surface area contributed by atoms with Gasteiger partial charge in [0, 0.05) is 12.1 Å². The van der Waals surface area contributed by atoms with E-state index in [2.05, 4.69) is 10.2 Å². The molecule has 1 aliphatic rings. The van der Waals surface area contributed by atoms with Gasteiger partial charge in [-0.05, 0) is 25.9 Å². The SMILES string of the molecule is COc1cc(NC(=O)CN2CCCCCC2)c(OC)cc1Cl. The lowest BCUT2D eigenvalue weighted by molar-refractivity contribution is -0.117. The van der Waals surface area contributed by atoms with Crippen molar-refractivity contribution in [1.82, 2.24) is 4.90 Å². The first-order chi connectivity index (χ1) is 10.6. The summed E-state index contributed by atoms with van der Waals surface area (Å²) in [4.78, 5) is 14.5. The minimum atomic E-state index is -0.0513. The van der Waals surface area contributed by atoms with E-state index >= 15 is 0 Å². The number of carbonyl (C=O) groups is 1. The number of nitrogens with one attached hydrogen (secondary N) is 1. The van der Waals surface area contributed by atoms with Gasteiger partial charge in [0.15, 0.2) is 0 Å². The van der Waals surface area contributed by atoms with Gasteiger partial charge in [0.1, 0.15) is 11.5 Å². The Labute approximate surface area is 136 Å². The first kappa shape index (κ1) is 16.9. The van der Waals surface area contributed by atoms with Crippen molar-refractivity contribution >= 4 is 23.2 Å². The molecule has 1 heterocycles. The minimum absolute atomic E-state index is 0.0513. The lowest BCUT2D eigenvalue weighted by Gasteiger charge is -2.20. The van der Waals surface area contributed by atoms with Gasteiger partial charge in [-0.1, -0.05) is 24.4 Å². The third kappa shape index (κ3) is 4.52. The van der Waals surface area contributed by atoms with Crippen LogP contribution in [0.5, 0.6) is 11.5 Å². The molecule has 1 amide bonds. The summed E-state index contributed by atoms with van der Waals surface area (Å²) in [6, 6.07) is 3.32. The third-order valence-corrected chi connectivity index (χ3v) is 4.11. The topological polar surface area (TPSA) is 50.8 Å². The van der Waals surface area contributed by atoms with Crippen molar-refractivity contribution in [3.05, 3.63) is 17.2 Å². The Bertz CT molecular complexity index is 514. The van der Waals surface area contributed by atoms with E-state index in [0.717, 1.165) is 25.9 Å². The van der Waals surface area contributed by atoms with Crippen LogP contribution in [0.4, 0.5) is 5.69 Å². The molecular formula is C16H23ClN2O3. The van der Waals surface area contributed by atoms with Crippen LogP contribution in [0.1, 0.15) is 25.7 Å². The molecule has 1 aromatic carbocycles. The van der Waals surface area contributed by atoms with Crippen LogP contribution in [0.3, 0.4) is 0 Å². The van der Waals surface area contributed by atoms with Crippen LogP contribution in [0.2, 0.25) is 5.02 Å². The number of amides is 1. The van der Waals surface area contributed by atoms with Gasteiger partial charge in [0.2, 0.25) is 5.91 Å². The molecule has 0 unspecified atom stereocenters. The standard InChI is InChI=1S/C16H23ClN2O3/c1-21-14-10-13(15(22-2)9-12(14)17)18-16(20)11-19-7-5-3-4-6-8-19/h9-10H,3-8,11H2,1-2H3,(H,18,20). The molecule has 1 aliphatic heterocycles. The number of hydrogen-bond donors (Lipinski definition) is 1. The molecule has 0 bridgehead atoms. The first-order valence-electron chi connectivity index (χ1n) is 7.57. The highest BCUT2D eigenvalue weighted by molar-refractivity contribution is 6.32. The maximum atomic E-state index is 12.3. The molecule has 0 spiro atoms. The van der Waals surface area contributed by atoms with E-state index in [1.807, 2.05) is 0 Å². The zero-order valence-corrected chi connectivity index (χ0v) is 13.9. The van der Waals surface area contributed by atoms with Crippen LogP contribution in [0, 0.1) is 0 Å². The summed E-state index contributed by atoms with van der Waals surface area (Å²) in [6.45, 7) is 2.36. The van der Waals surface area contributed by atoms with Crippen molar-refractivity contribution in [2.75, 3.05) is 39.2 Å². The highest BCUT2D eigenvalue weighted by Gasteiger charge is 2.16. The van der Waals surface area contributed by atoms with Crippen LogP contribution in [-0.4, -0.2) is 44.7 Å². The second-order valence-corrected chi connectivity index (χ2v) is 5.83. The van der Waals surface area contributed by atoms with Crippen molar-refractivity contribution in [2.45, 2.75) is 25.7 Å². The maximum Gasteiger partial charge on any atom is 0.238 e. The van der Waals surface area contributed by atoms with Crippen molar-refractivity contribution in [2.24, 2.45) is 0 Å². The number of anilines is 1. The Morgan fingerprint density at radius 3 is 2.36 bits per heavy atom. The monoisotopic (exact) mass is 326 g/mol. The van der Waals surface area contributed by atoms with Crippen molar-refractivity contribution < 1.29 is 14.3 Å². The van der Waals surface area contributed by atoms with E-state index in [9.17, 15) is 4.79 Å². The second-order valence-electron chi connectivity index (χ2n) is 5.43. The molecule has 0 atom stereocenters. The molecule has 1 fully saturated rings. The van der Waals surface area contributed by atoms with Gasteiger partial charge in [-0.2, -0.15) is 0 Å². The van der Waals surface area contributed by atoms with E-state index in [1.165, 1.54) is 20.0 Å². The van der Waals surface area contributed by atoms with Crippen molar-refractivity contribution in [3.63, 3.8) is 0 Å². The fraction of sp³-hybridized carbons (Fsp3) is 0.562. The minimum Gasteiger partial charge on any atom is -0.495 e. The number of benzene rings is 1. The van der Waals surface area contributed by atoms with E-state index in [1.54, 1.807) is 19.2 Å². The summed E-state index contributed by atoms with van der Waals surface area (Å²) in [6.07, 6.45) is 4.82. The second kappa shape index (κ2) is 8.25. The van der Waals surface area contributed by atoms with Gasteiger partial charge in [0.25, 0.3) is 0 Å². The molecule has 0 radical (unpaired) electrons. The zero-order chi connectivity index (χ0) is 15.9. The summed E-state index contributed by atoms with van der Waals surface area (Å²) in [7, 11) is 3.08. The van der Waals surface area contributed by atoms with Gasteiger partial charge in [0.05, 0.1) is 31.5 Å². The zero-order valence-electron chi connectivity index (χ0n) is 13.2. The lowest BCUT2D eigenvalue weighted by atomic mass is 10.2. The van der Waals surface area contributed by atoms with E-state index in [-0.39, 0.29) is 5.91 Å². The van der Waals surface area contributed by atoms with Gasteiger partial charge in [-0.15, -0.1) is 0 Å². The maximum absolute atomic E-state index is 12.3. The smallest absolute Gasteiger partial charge is 0.238 e. The summed E-state index contributed by atoms with van der Waals surface area (Å²) in [5, 5.41) is 3.34. The highest BCUT2D eigenvalue weighted by atomic mass is 35.5. The molecule has 122 valence electrons. The number of carbonyl (C=O) groups excluding carboxylic acids is 1. The average molecular weight is 327 g/mol. The van der Waals surface area contributed by atoms with Gasteiger partial charge >= 0.3 is 0 Å². The molecule has 22 heavy (non-hydrogen) atoms. The number of nitrogens with zero attached hydrogens (tertiary/aromatic N) is 1. The first-order valence-corrected chi connectivity index (χ1v) is 7.95. The lowest BCUT2D eigenvalue weighted by Crippen LogP contribution is -2.34. The molecule has 0 aromatic heterocycles. The number of hydrogen-bond acceptors (Lipinski definition) is 4. The van der Waals surface area contributed by atoms with E-state index in [0.29, 0.717) is 28.8 Å². The fourth-order valence-electron chi connectivity index (χ4n) is 2.65. The number of likely N-dealkylation sites (tertiary alicyclic amines) is 1. The Kier molecular flexibility index (Phi) is 6.34.